The van der Waals surface area contributed by atoms with Gasteiger partial charge in [0, 0.05) is 0 Å². The minimum Gasteiger partial charge on any atom is -0.461 e. The average Bonchev–Trinajstić information content (AvgIpc) is 2.73. The third kappa shape index (κ3) is 2.31. The second-order valence-electron chi connectivity index (χ2n) is 5.36. The fraction of sp³-hybridized carbons (Fsp3) is 0.400. The van der Waals surface area contributed by atoms with Gasteiger partial charge in [-0.15, -0.1) is 0 Å². The lowest BCUT2D eigenvalue weighted by molar-refractivity contribution is -0.140. The van der Waals surface area contributed by atoms with Gasteiger partial charge in [0.2, 0.25) is 0 Å². The van der Waals surface area contributed by atoms with Gasteiger partial charge in [-0.25, -0.2) is 14.4 Å². The number of cyclic esters (lactones) is 2. The predicted octanol–water partition coefficient (Wildman–Crippen LogP) is 1.58. The maximum atomic E-state index is 12.0. The molecule has 0 radical (unpaired) electrons. The van der Waals surface area contributed by atoms with Crippen molar-refractivity contribution in [1.82, 2.24) is 0 Å². The SMILES string of the molecule is CCC1(COC(=O)c2ccc3c(c2)C(=O)OC3=O)COC1. The van der Waals surface area contributed by atoms with Gasteiger partial charge in [-0.3, -0.25) is 0 Å². The Morgan fingerprint density at radius 1 is 1.24 bits per heavy atom. The van der Waals surface area contributed by atoms with Gasteiger partial charge >= 0.3 is 17.9 Å². The number of carbonyl (C=O) groups excluding carboxylic acids is 3. The molecule has 6 heteroatoms. The standard InChI is InChI=1S/C15H14O6/c1-2-15(6-19-7-15)8-20-12(16)9-3-4-10-11(5-9)14(18)21-13(10)17/h3-5H,2,6-8H2,1H3. The van der Waals surface area contributed by atoms with Crippen LogP contribution in [0.4, 0.5) is 0 Å². The highest BCUT2D eigenvalue weighted by molar-refractivity contribution is 6.15. The summed E-state index contributed by atoms with van der Waals surface area (Å²) in [6.07, 6.45) is 0.866. The zero-order chi connectivity index (χ0) is 15.0. The van der Waals surface area contributed by atoms with E-state index in [2.05, 4.69) is 4.74 Å². The van der Waals surface area contributed by atoms with E-state index in [-0.39, 0.29) is 28.7 Å². The Morgan fingerprint density at radius 2 is 1.95 bits per heavy atom. The molecule has 0 bridgehead atoms. The molecule has 3 rings (SSSR count). The molecule has 0 atom stereocenters. The van der Waals surface area contributed by atoms with Crippen LogP contribution in [-0.4, -0.2) is 37.7 Å². The Labute approximate surface area is 121 Å². The number of benzene rings is 1. The van der Waals surface area contributed by atoms with Gasteiger partial charge in [0.1, 0.15) is 6.61 Å². The van der Waals surface area contributed by atoms with E-state index in [0.29, 0.717) is 13.2 Å². The normalized spacial score (nSPS) is 18.7. The van der Waals surface area contributed by atoms with E-state index < -0.39 is 17.9 Å². The second kappa shape index (κ2) is 4.96. The summed E-state index contributed by atoms with van der Waals surface area (Å²) in [5.41, 5.74) is 0.411. The monoisotopic (exact) mass is 290 g/mol. The highest BCUT2D eigenvalue weighted by atomic mass is 16.6. The van der Waals surface area contributed by atoms with Crippen molar-refractivity contribution in [2.75, 3.05) is 19.8 Å². The molecule has 2 heterocycles. The number of hydrogen-bond acceptors (Lipinski definition) is 6. The van der Waals surface area contributed by atoms with E-state index in [4.69, 9.17) is 9.47 Å². The van der Waals surface area contributed by atoms with Crippen LogP contribution in [0.5, 0.6) is 0 Å². The molecule has 1 saturated heterocycles. The molecule has 2 aliphatic rings. The highest BCUT2D eigenvalue weighted by Crippen LogP contribution is 2.31. The van der Waals surface area contributed by atoms with Crippen LogP contribution in [-0.2, 0) is 14.2 Å². The molecule has 2 aliphatic heterocycles. The second-order valence-corrected chi connectivity index (χ2v) is 5.36. The Balaban J connectivity index is 1.72. The Bertz CT molecular complexity index is 624. The van der Waals surface area contributed by atoms with Crippen molar-refractivity contribution in [3.8, 4) is 0 Å². The lowest BCUT2D eigenvalue weighted by Gasteiger charge is -2.39. The summed E-state index contributed by atoms with van der Waals surface area (Å²) in [4.78, 5) is 34.8. The number of carbonyl (C=O) groups is 3. The summed E-state index contributed by atoms with van der Waals surface area (Å²) in [5.74, 6) is -1.95. The van der Waals surface area contributed by atoms with Crippen molar-refractivity contribution < 1.29 is 28.6 Å². The molecule has 0 spiro atoms. The van der Waals surface area contributed by atoms with Crippen LogP contribution in [0.2, 0.25) is 0 Å². The summed E-state index contributed by atoms with van der Waals surface area (Å²) < 4.78 is 14.9. The molecule has 110 valence electrons. The molecule has 0 amide bonds. The van der Waals surface area contributed by atoms with Crippen molar-refractivity contribution in [3.05, 3.63) is 34.9 Å². The fourth-order valence-corrected chi connectivity index (χ4v) is 2.29. The van der Waals surface area contributed by atoms with Gasteiger partial charge in [0.05, 0.1) is 35.3 Å². The molecule has 21 heavy (non-hydrogen) atoms. The minimum atomic E-state index is -0.734. The number of ether oxygens (including phenoxy) is 3. The summed E-state index contributed by atoms with van der Waals surface area (Å²) in [7, 11) is 0. The van der Waals surface area contributed by atoms with Gasteiger partial charge < -0.3 is 14.2 Å². The van der Waals surface area contributed by atoms with Gasteiger partial charge in [-0.2, -0.15) is 0 Å². The van der Waals surface area contributed by atoms with E-state index in [9.17, 15) is 14.4 Å². The van der Waals surface area contributed by atoms with Crippen LogP contribution in [0, 0.1) is 5.41 Å². The smallest absolute Gasteiger partial charge is 0.346 e. The topological polar surface area (TPSA) is 78.9 Å². The number of rotatable bonds is 4. The van der Waals surface area contributed by atoms with E-state index in [1.165, 1.54) is 18.2 Å². The van der Waals surface area contributed by atoms with E-state index in [1.54, 1.807) is 0 Å². The summed E-state index contributed by atoms with van der Waals surface area (Å²) in [6, 6.07) is 4.19. The van der Waals surface area contributed by atoms with Crippen LogP contribution in [0.1, 0.15) is 44.4 Å². The molecular weight excluding hydrogens is 276 g/mol. The van der Waals surface area contributed by atoms with E-state index in [0.717, 1.165) is 6.42 Å². The first-order chi connectivity index (χ1) is 10.0. The predicted molar refractivity (Wildman–Crippen MR) is 70.0 cm³/mol. The van der Waals surface area contributed by atoms with Gasteiger partial charge in [-0.1, -0.05) is 6.92 Å². The van der Waals surface area contributed by atoms with Crippen molar-refractivity contribution in [2.45, 2.75) is 13.3 Å². The summed E-state index contributed by atoms with van der Waals surface area (Å²) in [5, 5.41) is 0. The van der Waals surface area contributed by atoms with Crippen molar-refractivity contribution in [3.63, 3.8) is 0 Å². The maximum absolute atomic E-state index is 12.0. The molecule has 6 nitrogen and oxygen atoms in total. The van der Waals surface area contributed by atoms with Crippen molar-refractivity contribution >= 4 is 17.9 Å². The van der Waals surface area contributed by atoms with Crippen molar-refractivity contribution in [2.24, 2.45) is 5.41 Å². The Hall–Kier alpha value is -2.21. The third-order valence-electron chi connectivity index (χ3n) is 3.96. The molecule has 0 saturated carbocycles. The number of hydrogen-bond donors (Lipinski definition) is 0. The quantitative estimate of drug-likeness (QED) is 0.619. The Morgan fingerprint density at radius 3 is 2.57 bits per heavy atom. The first kappa shape index (κ1) is 13.8. The zero-order valence-corrected chi connectivity index (χ0v) is 11.5. The molecule has 0 N–H and O–H groups in total. The molecule has 0 unspecified atom stereocenters. The van der Waals surface area contributed by atoms with Crippen LogP contribution in [0.3, 0.4) is 0 Å². The average molecular weight is 290 g/mol. The first-order valence-electron chi connectivity index (χ1n) is 6.70. The van der Waals surface area contributed by atoms with Crippen LogP contribution >= 0.6 is 0 Å². The Kier molecular flexibility index (Phi) is 3.25. The van der Waals surface area contributed by atoms with Gasteiger partial charge in [0.15, 0.2) is 0 Å². The largest absolute Gasteiger partial charge is 0.461 e. The van der Waals surface area contributed by atoms with Crippen LogP contribution < -0.4 is 0 Å². The van der Waals surface area contributed by atoms with Crippen LogP contribution in [0.15, 0.2) is 18.2 Å². The van der Waals surface area contributed by atoms with Crippen LogP contribution in [0.25, 0.3) is 0 Å². The molecule has 1 fully saturated rings. The molecule has 0 aromatic heterocycles. The van der Waals surface area contributed by atoms with Crippen molar-refractivity contribution in [1.29, 1.82) is 0 Å². The van der Waals surface area contributed by atoms with E-state index >= 15 is 0 Å². The minimum absolute atomic E-state index is 0.0959. The maximum Gasteiger partial charge on any atom is 0.346 e. The third-order valence-corrected chi connectivity index (χ3v) is 3.96. The van der Waals surface area contributed by atoms with E-state index in [1.807, 2.05) is 6.92 Å². The molecule has 1 aromatic carbocycles. The highest BCUT2D eigenvalue weighted by Gasteiger charge is 2.38. The lowest BCUT2D eigenvalue weighted by atomic mass is 9.84. The fourth-order valence-electron chi connectivity index (χ4n) is 2.29. The van der Waals surface area contributed by atoms with Gasteiger partial charge in [-0.05, 0) is 24.6 Å². The van der Waals surface area contributed by atoms with Gasteiger partial charge in [0.25, 0.3) is 0 Å². The zero-order valence-electron chi connectivity index (χ0n) is 11.5. The first-order valence-corrected chi connectivity index (χ1v) is 6.70. The molecule has 1 aromatic rings. The number of fused-ring (bicyclic) bond motifs is 1. The lowest BCUT2D eigenvalue weighted by Crippen LogP contribution is -2.46. The summed E-state index contributed by atoms with van der Waals surface area (Å²) in [6.45, 7) is 3.47. The number of esters is 3. The molecule has 0 aliphatic carbocycles. The summed E-state index contributed by atoms with van der Waals surface area (Å²) >= 11 is 0. The molecular formula is C15H14O6.